The SMILES string of the molecule is NC(=S)c1ccc(NC(=O)CCCOC2COC2)cc1. The van der Waals surface area contributed by atoms with Gasteiger partial charge in [-0.1, -0.05) is 12.2 Å². The Labute approximate surface area is 123 Å². The maximum atomic E-state index is 11.7. The van der Waals surface area contributed by atoms with E-state index in [2.05, 4.69) is 5.32 Å². The van der Waals surface area contributed by atoms with Crippen molar-refractivity contribution in [2.24, 2.45) is 5.73 Å². The fourth-order valence-corrected chi connectivity index (χ4v) is 1.87. The standard InChI is InChI=1S/C14H18N2O3S/c15-14(20)10-3-5-11(6-4-10)16-13(17)2-1-7-19-12-8-18-9-12/h3-6,12H,1-2,7-9H2,(H2,15,20)(H,16,17). The van der Waals surface area contributed by atoms with E-state index in [0.29, 0.717) is 37.7 Å². The van der Waals surface area contributed by atoms with E-state index in [-0.39, 0.29) is 12.0 Å². The van der Waals surface area contributed by atoms with E-state index in [4.69, 9.17) is 27.4 Å². The van der Waals surface area contributed by atoms with Crippen LogP contribution in [0.25, 0.3) is 0 Å². The average Bonchev–Trinajstić information content (AvgIpc) is 2.37. The number of nitrogens with one attached hydrogen (secondary N) is 1. The lowest BCUT2D eigenvalue weighted by Gasteiger charge is -2.25. The van der Waals surface area contributed by atoms with Gasteiger partial charge in [-0.2, -0.15) is 0 Å². The number of ether oxygens (including phenoxy) is 2. The Morgan fingerprint density at radius 1 is 1.40 bits per heavy atom. The molecule has 1 aromatic rings. The van der Waals surface area contributed by atoms with Crippen LogP contribution < -0.4 is 11.1 Å². The molecule has 1 aliphatic heterocycles. The van der Waals surface area contributed by atoms with Gasteiger partial charge in [0.2, 0.25) is 5.91 Å². The maximum Gasteiger partial charge on any atom is 0.224 e. The van der Waals surface area contributed by atoms with Crippen LogP contribution in [0.15, 0.2) is 24.3 Å². The van der Waals surface area contributed by atoms with Crippen LogP contribution in [0.5, 0.6) is 0 Å². The summed E-state index contributed by atoms with van der Waals surface area (Å²) in [4.78, 5) is 12.1. The summed E-state index contributed by atoms with van der Waals surface area (Å²) in [5, 5.41) is 2.82. The molecule has 1 saturated heterocycles. The van der Waals surface area contributed by atoms with Gasteiger partial charge in [0.25, 0.3) is 0 Å². The minimum Gasteiger partial charge on any atom is -0.389 e. The van der Waals surface area contributed by atoms with Gasteiger partial charge in [-0.25, -0.2) is 0 Å². The van der Waals surface area contributed by atoms with Gasteiger partial charge >= 0.3 is 0 Å². The molecule has 0 radical (unpaired) electrons. The highest BCUT2D eigenvalue weighted by Gasteiger charge is 2.18. The van der Waals surface area contributed by atoms with Gasteiger partial charge in [0, 0.05) is 24.3 Å². The second-order valence-electron chi connectivity index (χ2n) is 4.62. The topological polar surface area (TPSA) is 73.6 Å². The monoisotopic (exact) mass is 294 g/mol. The fourth-order valence-electron chi connectivity index (χ4n) is 1.73. The zero-order valence-electron chi connectivity index (χ0n) is 11.1. The van der Waals surface area contributed by atoms with Crippen LogP contribution in [0.3, 0.4) is 0 Å². The molecule has 1 aromatic carbocycles. The summed E-state index contributed by atoms with van der Waals surface area (Å²) in [6, 6.07) is 7.15. The number of amides is 1. The molecule has 1 fully saturated rings. The highest BCUT2D eigenvalue weighted by atomic mass is 32.1. The molecule has 0 saturated carbocycles. The number of thiocarbonyl (C=S) groups is 1. The fraction of sp³-hybridized carbons (Fsp3) is 0.429. The van der Waals surface area contributed by atoms with E-state index < -0.39 is 0 Å². The first-order valence-electron chi connectivity index (χ1n) is 6.54. The molecule has 0 atom stereocenters. The molecule has 1 aliphatic rings. The summed E-state index contributed by atoms with van der Waals surface area (Å²) in [6.45, 7) is 1.92. The minimum absolute atomic E-state index is 0.0264. The largest absolute Gasteiger partial charge is 0.389 e. The van der Waals surface area contributed by atoms with E-state index in [1.807, 2.05) is 0 Å². The van der Waals surface area contributed by atoms with Gasteiger partial charge in [-0.15, -0.1) is 0 Å². The van der Waals surface area contributed by atoms with Crippen molar-refractivity contribution in [1.29, 1.82) is 0 Å². The van der Waals surface area contributed by atoms with Crippen molar-refractivity contribution < 1.29 is 14.3 Å². The molecule has 0 bridgehead atoms. The van der Waals surface area contributed by atoms with Gasteiger partial charge in [-0.05, 0) is 30.7 Å². The molecule has 5 nitrogen and oxygen atoms in total. The number of rotatable bonds is 7. The lowest BCUT2D eigenvalue weighted by Crippen LogP contribution is -2.36. The molecule has 1 heterocycles. The van der Waals surface area contributed by atoms with Gasteiger partial charge < -0.3 is 20.5 Å². The van der Waals surface area contributed by atoms with Crippen LogP contribution in [0, 0.1) is 0 Å². The number of hydrogen-bond donors (Lipinski definition) is 2. The summed E-state index contributed by atoms with van der Waals surface area (Å²) >= 11 is 4.87. The molecule has 6 heteroatoms. The number of benzene rings is 1. The van der Waals surface area contributed by atoms with Crippen LogP contribution >= 0.6 is 12.2 Å². The van der Waals surface area contributed by atoms with Crippen molar-refractivity contribution in [2.75, 3.05) is 25.1 Å². The molecule has 0 spiro atoms. The molecule has 1 amide bonds. The second-order valence-corrected chi connectivity index (χ2v) is 5.06. The van der Waals surface area contributed by atoms with E-state index in [0.717, 1.165) is 11.3 Å². The van der Waals surface area contributed by atoms with Crippen molar-refractivity contribution in [1.82, 2.24) is 0 Å². The molecule has 2 rings (SSSR count). The molecule has 3 N–H and O–H groups in total. The Morgan fingerprint density at radius 2 is 2.10 bits per heavy atom. The van der Waals surface area contributed by atoms with Crippen LogP contribution in [-0.2, 0) is 14.3 Å². The molecule has 0 aromatic heterocycles. The molecule has 108 valence electrons. The van der Waals surface area contributed by atoms with E-state index in [1.165, 1.54) is 0 Å². The molecule has 0 aliphatic carbocycles. The number of nitrogens with two attached hydrogens (primary N) is 1. The molecular weight excluding hydrogens is 276 g/mol. The maximum absolute atomic E-state index is 11.7. The van der Waals surface area contributed by atoms with Crippen molar-refractivity contribution in [3.8, 4) is 0 Å². The third-order valence-corrected chi connectivity index (χ3v) is 3.20. The van der Waals surface area contributed by atoms with E-state index in [9.17, 15) is 4.79 Å². The minimum atomic E-state index is -0.0264. The Kier molecular flexibility index (Phi) is 5.46. The predicted molar refractivity (Wildman–Crippen MR) is 80.8 cm³/mol. The van der Waals surface area contributed by atoms with Crippen molar-refractivity contribution in [3.63, 3.8) is 0 Å². The summed E-state index contributed by atoms with van der Waals surface area (Å²) in [7, 11) is 0. The highest BCUT2D eigenvalue weighted by Crippen LogP contribution is 2.11. The van der Waals surface area contributed by atoms with Gasteiger partial charge in [0.1, 0.15) is 11.1 Å². The van der Waals surface area contributed by atoms with Gasteiger partial charge in [0.15, 0.2) is 0 Å². The Morgan fingerprint density at radius 3 is 2.65 bits per heavy atom. The predicted octanol–water partition coefficient (Wildman–Crippen LogP) is 1.45. The third-order valence-electron chi connectivity index (χ3n) is 2.96. The Balaban J connectivity index is 1.66. The van der Waals surface area contributed by atoms with Crippen molar-refractivity contribution in [3.05, 3.63) is 29.8 Å². The van der Waals surface area contributed by atoms with Crippen LogP contribution in [0.1, 0.15) is 18.4 Å². The summed E-state index contributed by atoms with van der Waals surface area (Å²) < 4.78 is 10.5. The Hall–Kier alpha value is -1.50. The first-order valence-corrected chi connectivity index (χ1v) is 6.95. The zero-order valence-corrected chi connectivity index (χ0v) is 11.9. The van der Waals surface area contributed by atoms with E-state index >= 15 is 0 Å². The average molecular weight is 294 g/mol. The lowest BCUT2D eigenvalue weighted by molar-refractivity contribution is -0.131. The second kappa shape index (κ2) is 7.33. The molecule has 20 heavy (non-hydrogen) atoms. The zero-order chi connectivity index (χ0) is 14.4. The number of carbonyl (C=O) groups excluding carboxylic acids is 1. The Bertz CT molecular complexity index is 472. The van der Waals surface area contributed by atoms with Crippen LogP contribution in [-0.4, -0.2) is 36.8 Å². The molecule has 0 unspecified atom stereocenters. The van der Waals surface area contributed by atoms with Crippen LogP contribution in [0.2, 0.25) is 0 Å². The van der Waals surface area contributed by atoms with Crippen molar-refractivity contribution >= 4 is 28.8 Å². The summed E-state index contributed by atoms with van der Waals surface area (Å²) in [5.41, 5.74) is 7.03. The molecular formula is C14H18N2O3S. The first kappa shape index (κ1) is 14.9. The van der Waals surface area contributed by atoms with E-state index in [1.54, 1.807) is 24.3 Å². The van der Waals surface area contributed by atoms with Crippen LogP contribution in [0.4, 0.5) is 5.69 Å². The van der Waals surface area contributed by atoms with Gasteiger partial charge in [-0.3, -0.25) is 4.79 Å². The number of carbonyl (C=O) groups is 1. The van der Waals surface area contributed by atoms with Crippen molar-refractivity contribution in [2.45, 2.75) is 18.9 Å². The highest BCUT2D eigenvalue weighted by molar-refractivity contribution is 7.80. The first-order chi connectivity index (χ1) is 9.65. The quantitative estimate of drug-likeness (QED) is 0.588. The van der Waals surface area contributed by atoms with Gasteiger partial charge in [0.05, 0.1) is 13.2 Å². The smallest absolute Gasteiger partial charge is 0.224 e. The lowest BCUT2D eigenvalue weighted by atomic mass is 10.2. The number of anilines is 1. The summed E-state index contributed by atoms with van der Waals surface area (Å²) in [5.74, 6) is -0.0264. The summed E-state index contributed by atoms with van der Waals surface area (Å²) in [6.07, 6.45) is 1.35. The third kappa shape index (κ3) is 4.56. The normalized spacial score (nSPS) is 14.6. The number of hydrogen-bond acceptors (Lipinski definition) is 4.